The Morgan fingerprint density at radius 1 is 1.55 bits per heavy atom. The number of fused-ring (bicyclic) bond motifs is 1. The third-order valence-electron chi connectivity index (χ3n) is 4.31. The van der Waals surface area contributed by atoms with Crippen molar-refractivity contribution in [1.29, 1.82) is 0 Å². The SMILES string of the molecule is CCO[C@@H]1CN(C(=O)c2cccnc2OC)[C@@H]2CCCO[C@@H]21. The molecule has 0 N–H and O–H groups in total. The summed E-state index contributed by atoms with van der Waals surface area (Å²) in [6, 6.07) is 3.57. The van der Waals surface area contributed by atoms with Crippen molar-refractivity contribution >= 4 is 5.91 Å². The zero-order chi connectivity index (χ0) is 15.5. The summed E-state index contributed by atoms with van der Waals surface area (Å²) in [5, 5.41) is 0. The van der Waals surface area contributed by atoms with Crippen molar-refractivity contribution in [1.82, 2.24) is 9.88 Å². The van der Waals surface area contributed by atoms with E-state index in [0.29, 0.717) is 24.6 Å². The molecule has 1 aromatic rings. The molecule has 2 aliphatic rings. The average molecular weight is 306 g/mol. The third kappa shape index (κ3) is 2.68. The van der Waals surface area contributed by atoms with Crippen LogP contribution in [0.5, 0.6) is 5.88 Å². The maximum atomic E-state index is 12.9. The van der Waals surface area contributed by atoms with E-state index >= 15 is 0 Å². The second-order valence-electron chi connectivity index (χ2n) is 5.56. The van der Waals surface area contributed by atoms with E-state index in [9.17, 15) is 4.79 Å². The lowest BCUT2D eigenvalue weighted by Crippen LogP contribution is -2.44. The summed E-state index contributed by atoms with van der Waals surface area (Å²) < 4.78 is 16.9. The molecule has 1 amide bonds. The quantitative estimate of drug-likeness (QED) is 0.843. The molecule has 120 valence electrons. The van der Waals surface area contributed by atoms with Gasteiger partial charge < -0.3 is 19.1 Å². The van der Waals surface area contributed by atoms with Gasteiger partial charge in [0.25, 0.3) is 5.91 Å². The molecule has 3 atom stereocenters. The second kappa shape index (κ2) is 6.62. The van der Waals surface area contributed by atoms with Gasteiger partial charge in [-0.15, -0.1) is 0 Å². The van der Waals surface area contributed by atoms with E-state index < -0.39 is 0 Å². The largest absolute Gasteiger partial charge is 0.480 e. The summed E-state index contributed by atoms with van der Waals surface area (Å²) in [5.41, 5.74) is 0.492. The number of carbonyl (C=O) groups excluding carboxylic acids is 1. The van der Waals surface area contributed by atoms with Crippen LogP contribution in [0.2, 0.25) is 0 Å². The van der Waals surface area contributed by atoms with Crippen molar-refractivity contribution in [2.24, 2.45) is 0 Å². The number of rotatable bonds is 4. The minimum absolute atomic E-state index is 0.0275. The molecular formula is C16H22N2O4. The predicted octanol–water partition coefficient (Wildman–Crippen LogP) is 1.50. The summed E-state index contributed by atoms with van der Waals surface area (Å²) in [7, 11) is 1.53. The van der Waals surface area contributed by atoms with Crippen LogP contribution >= 0.6 is 0 Å². The molecule has 2 fully saturated rings. The molecule has 2 saturated heterocycles. The van der Waals surface area contributed by atoms with Gasteiger partial charge in [0.15, 0.2) is 0 Å². The fourth-order valence-electron chi connectivity index (χ4n) is 3.37. The van der Waals surface area contributed by atoms with Crippen molar-refractivity contribution < 1.29 is 19.0 Å². The molecule has 3 heterocycles. The van der Waals surface area contributed by atoms with Gasteiger partial charge in [0.2, 0.25) is 5.88 Å². The van der Waals surface area contributed by atoms with E-state index in [-0.39, 0.29) is 24.2 Å². The van der Waals surface area contributed by atoms with Gasteiger partial charge in [-0.2, -0.15) is 0 Å². The van der Waals surface area contributed by atoms with E-state index in [1.54, 1.807) is 18.3 Å². The number of ether oxygens (including phenoxy) is 3. The maximum absolute atomic E-state index is 12.9. The van der Waals surface area contributed by atoms with Crippen molar-refractivity contribution in [3.8, 4) is 5.88 Å². The Bertz CT molecular complexity index is 537. The van der Waals surface area contributed by atoms with E-state index in [1.165, 1.54) is 7.11 Å². The van der Waals surface area contributed by atoms with Crippen LogP contribution in [0.3, 0.4) is 0 Å². The van der Waals surface area contributed by atoms with Gasteiger partial charge in [0.1, 0.15) is 17.8 Å². The van der Waals surface area contributed by atoms with Crippen LogP contribution in [0.15, 0.2) is 18.3 Å². The zero-order valence-electron chi connectivity index (χ0n) is 13.0. The summed E-state index contributed by atoms with van der Waals surface area (Å²) >= 11 is 0. The number of amides is 1. The number of hydrogen-bond acceptors (Lipinski definition) is 5. The van der Waals surface area contributed by atoms with Crippen LogP contribution in [-0.4, -0.2) is 60.9 Å². The van der Waals surface area contributed by atoms with Gasteiger partial charge in [0.05, 0.1) is 19.7 Å². The number of nitrogens with zero attached hydrogens (tertiary/aromatic N) is 2. The van der Waals surface area contributed by atoms with E-state index in [4.69, 9.17) is 14.2 Å². The summed E-state index contributed by atoms with van der Waals surface area (Å²) in [4.78, 5) is 18.9. The molecule has 1 aromatic heterocycles. The van der Waals surface area contributed by atoms with E-state index in [1.807, 2.05) is 11.8 Å². The monoisotopic (exact) mass is 306 g/mol. The molecule has 0 aliphatic carbocycles. The van der Waals surface area contributed by atoms with Crippen LogP contribution in [0.25, 0.3) is 0 Å². The Kier molecular flexibility index (Phi) is 4.59. The van der Waals surface area contributed by atoms with E-state index in [2.05, 4.69) is 4.98 Å². The number of methoxy groups -OCH3 is 1. The first kappa shape index (κ1) is 15.2. The van der Waals surface area contributed by atoms with Gasteiger partial charge >= 0.3 is 0 Å². The first-order valence-electron chi connectivity index (χ1n) is 7.79. The van der Waals surface area contributed by atoms with Gasteiger partial charge in [-0.25, -0.2) is 4.98 Å². The van der Waals surface area contributed by atoms with E-state index in [0.717, 1.165) is 19.4 Å². The van der Waals surface area contributed by atoms with Gasteiger partial charge in [-0.05, 0) is 31.9 Å². The van der Waals surface area contributed by atoms with Crippen molar-refractivity contribution in [3.63, 3.8) is 0 Å². The highest BCUT2D eigenvalue weighted by Gasteiger charge is 2.47. The Labute approximate surface area is 130 Å². The Morgan fingerprint density at radius 2 is 2.41 bits per heavy atom. The smallest absolute Gasteiger partial charge is 0.259 e. The molecule has 6 heteroatoms. The highest BCUT2D eigenvalue weighted by Crippen LogP contribution is 2.32. The van der Waals surface area contributed by atoms with Crippen molar-refractivity contribution in [2.45, 2.75) is 38.0 Å². The zero-order valence-corrected chi connectivity index (χ0v) is 13.0. The molecule has 0 aromatic carbocycles. The molecule has 0 radical (unpaired) electrons. The van der Waals surface area contributed by atoms with Gasteiger partial charge in [0, 0.05) is 19.4 Å². The van der Waals surface area contributed by atoms with Crippen LogP contribution < -0.4 is 4.74 Å². The Balaban J connectivity index is 1.85. The third-order valence-corrected chi connectivity index (χ3v) is 4.31. The molecule has 2 aliphatic heterocycles. The topological polar surface area (TPSA) is 60.9 Å². The number of likely N-dealkylation sites (tertiary alicyclic amines) is 1. The fourth-order valence-corrected chi connectivity index (χ4v) is 3.37. The summed E-state index contributed by atoms with van der Waals surface area (Å²) in [6.07, 6.45) is 3.45. The molecule has 3 rings (SSSR count). The normalized spacial score (nSPS) is 27.5. The number of aromatic nitrogens is 1. The van der Waals surface area contributed by atoms with Crippen LogP contribution in [-0.2, 0) is 9.47 Å². The minimum Gasteiger partial charge on any atom is -0.480 e. The Morgan fingerprint density at radius 3 is 3.18 bits per heavy atom. The molecule has 0 bridgehead atoms. The van der Waals surface area contributed by atoms with Crippen molar-refractivity contribution in [3.05, 3.63) is 23.9 Å². The summed E-state index contributed by atoms with van der Waals surface area (Å²) in [6.45, 7) is 3.88. The molecule has 0 unspecified atom stereocenters. The Hall–Kier alpha value is -1.66. The highest BCUT2D eigenvalue weighted by atomic mass is 16.5. The maximum Gasteiger partial charge on any atom is 0.259 e. The predicted molar refractivity (Wildman–Crippen MR) is 80.0 cm³/mol. The lowest BCUT2D eigenvalue weighted by atomic mass is 10.0. The molecule has 6 nitrogen and oxygen atoms in total. The number of pyridine rings is 1. The molecular weight excluding hydrogens is 284 g/mol. The van der Waals surface area contributed by atoms with Crippen LogP contribution in [0, 0.1) is 0 Å². The first-order valence-corrected chi connectivity index (χ1v) is 7.79. The molecule has 22 heavy (non-hydrogen) atoms. The van der Waals surface area contributed by atoms with Crippen LogP contribution in [0.1, 0.15) is 30.1 Å². The fraction of sp³-hybridized carbons (Fsp3) is 0.625. The lowest BCUT2D eigenvalue weighted by Gasteiger charge is -2.32. The average Bonchev–Trinajstić information content (AvgIpc) is 2.93. The second-order valence-corrected chi connectivity index (χ2v) is 5.56. The number of hydrogen-bond donors (Lipinski definition) is 0. The molecule has 0 saturated carbocycles. The van der Waals surface area contributed by atoms with Gasteiger partial charge in [-0.3, -0.25) is 4.79 Å². The minimum atomic E-state index is -0.0624. The van der Waals surface area contributed by atoms with Crippen molar-refractivity contribution in [2.75, 3.05) is 26.9 Å². The first-order chi connectivity index (χ1) is 10.8. The van der Waals surface area contributed by atoms with Gasteiger partial charge in [-0.1, -0.05) is 0 Å². The highest BCUT2D eigenvalue weighted by molar-refractivity contribution is 5.96. The standard InChI is InChI=1S/C16H22N2O4/c1-3-21-13-10-18(12-7-5-9-22-14(12)13)16(19)11-6-4-8-17-15(11)20-2/h4,6,8,12-14H,3,5,7,9-10H2,1-2H3/t12-,13-,14+/m1/s1. The molecule has 0 spiro atoms. The number of carbonyl (C=O) groups is 1. The summed E-state index contributed by atoms with van der Waals surface area (Å²) in [5.74, 6) is 0.299. The van der Waals surface area contributed by atoms with Crippen LogP contribution in [0.4, 0.5) is 0 Å². The lowest BCUT2D eigenvalue weighted by molar-refractivity contribution is -0.0737.